The molecule has 0 rings (SSSR count). The van der Waals surface area contributed by atoms with Gasteiger partial charge in [0.05, 0.1) is 0 Å². The van der Waals surface area contributed by atoms with Crippen LogP contribution in [0.4, 0.5) is 184 Å². The Bertz CT molecular complexity index is 1850. The van der Waals surface area contributed by atoms with Crippen molar-refractivity contribution in [3.8, 4) is 0 Å². The largest absolute Gasteiger partial charge is 0.462 e. The molecule has 0 spiro atoms. The summed E-state index contributed by atoms with van der Waals surface area (Å²) in [5.41, 5.74) is 0. The summed E-state index contributed by atoms with van der Waals surface area (Å²) in [7, 11) is 0. The van der Waals surface area contributed by atoms with E-state index in [-0.39, 0.29) is 0 Å². The molecule has 0 N–H and O–H groups in total. The summed E-state index contributed by atoms with van der Waals surface area (Å²) in [6, 6.07) is -4.69. The van der Waals surface area contributed by atoms with Crippen molar-refractivity contribution < 1.29 is 213 Å². The number of hydrogen-bond acceptors (Lipinski definition) is 6. The van der Waals surface area contributed by atoms with Crippen LogP contribution in [0.25, 0.3) is 0 Å². The van der Waals surface area contributed by atoms with Crippen LogP contribution in [0.15, 0.2) is 11.8 Å². The summed E-state index contributed by atoms with van der Waals surface area (Å²) in [6.45, 7) is -4.71. The molecule has 0 aromatic heterocycles. The number of ether oxygens (including phenoxy) is 6. The first-order valence-electron chi connectivity index (χ1n) is 14.3. The molecule has 70 heavy (non-hydrogen) atoms. The Kier molecular flexibility index (Phi) is 16.9. The lowest BCUT2D eigenvalue weighted by Crippen LogP contribution is -2.73. The first-order valence-corrected chi connectivity index (χ1v) is 14.3. The van der Waals surface area contributed by atoms with Crippen LogP contribution >= 0.6 is 0 Å². The van der Waals surface area contributed by atoms with Crippen molar-refractivity contribution >= 4 is 0 Å². The monoisotopic (exact) mass is 1160 g/mol. The van der Waals surface area contributed by atoms with Crippen molar-refractivity contribution in [1.29, 1.82) is 0 Å². The molecule has 48 heteroatoms. The van der Waals surface area contributed by atoms with E-state index in [9.17, 15) is 184 Å². The van der Waals surface area contributed by atoms with Gasteiger partial charge in [-0.1, -0.05) is 0 Å². The van der Waals surface area contributed by atoms with Gasteiger partial charge in [0.2, 0.25) is 0 Å². The van der Waals surface area contributed by atoms with Crippen LogP contribution < -0.4 is 0 Å². The highest BCUT2D eigenvalue weighted by Crippen LogP contribution is 2.62. The maximum absolute atomic E-state index is 14.7. The van der Waals surface area contributed by atoms with Gasteiger partial charge in [0, 0.05) is 0 Å². The first-order chi connectivity index (χ1) is 29.6. The quantitative estimate of drug-likeness (QED) is 0.0949. The molecule has 0 saturated carbocycles. The zero-order valence-electron chi connectivity index (χ0n) is 29.5. The van der Waals surface area contributed by atoms with Crippen molar-refractivity contribution in [2.45, 2.75) is 115 Å². The predicted octanol–water partition coefficient (Wildman–Crippen LogP) is 13.7. The van der Waals surface area contributed by atoms with E-state index in [1.54, 1.807) is 0 Å². The van der Waals surface area contributed by atoms with Gasteiger partial charge < -0.3 is 4.74 Å². The van der Waals surface area contributed by atoms with E-state index in [0.717, 1.165) is 9.47 Å². The lowest BCUT2D eigenvalue weighted by Gasteiger charge is -2.44. The third-order valence-corrected chi connectivity index (χ3v) is 6.65. The second-order valence-electron chi connectivity index (χ2n) is 11.7. The highest BCUT2D eigenvalue weighted by Gasteiger charge is 2.91. The fourth-order valence-electron chi connectivity index (χ4n) is 3.17. The van der Waals surface area contributed by atoms with Crippen molar-refractivity contribution in [1.82, 2.24) is 0 Å². The maximum atomic E-state index is 14.7. The lowest BCUT2D eigenvalue weighted by molar-refractivity contribution is -0.600. The van der Waals surface area contributed by atoms with Crippen molar-refractivity contribution in [3.05, 3.63) is 11.8 Å². The number of allylic oxidation sites excluding steroid dienone is 1. The van der Waals surface area contributed by atoms with Gasteiger partial charge in [-0.3, -0.25) is 23.7 Å². The van der Waals surface area contributed by atoms with E-state index in [4.69, 9.17) is 0 Å². The minimum Gasteiger partial charge on any atom is -0.462 e. The van der Waals surface area contributed by atoms with E-state index in [1.807, 2.05) is 0 Å². The molecule has 0 aromatic rings. The molecule has 0 aliphatic carbocycles. The van der Waals surface area contributed by atoms with Crippen LogP contribution in [0.2, 0.25) is 0 Å². The van der Waals surface area contributed by atoms with E-state index >= 15 is 0 Å². The topological polar surface area (TPSA) is 55.4 Å². The molecule has 0 fully saturated rings. The van der Waals surface area contributed by atoms with E-state index in [0.29, 0.717) is 9.47 Å². The molecule has 0 aliphatic rings. The first kappa shape index (κ1) is 66.4. The smallest absolute Gasteiger partial charge is 0.462 e. The summed E-state index contributed by atoms with van der Waals surface area (Å²) in [5.74, 6) is -67.1. The molecule has 0 aromatic carbocycles. The summed E-state index contributed by atoms with van der Waals surface area (Å²) < 4.78 is 570. The normalized spacial score (nSPS) is 20.4. The summed E-state index contributed by atoms with van der Waals surface area (Å²) >= 11 is 0. The lowest BCUT2D eigenvalue weighted by atomic mass is 10.2. The van der Waals surface area contributed by atoms with Crippen LogP contribution in [0.3, 0.4) is 0 Å². The Labute approximate surface area is 347 Å². The standard InChI is InChI=1S/C22H2F42O6/c23-2(5(26,27)12(37,38)39)3(24)65-1-4(25,11(34,35)36)66-19(57,58)7(30,14(43,44)45)68-21(61,62)9(32,16(49,50)51)70-22(63,64)10(33,17(52,53)54)69-20(59,60)8(31,15(46,47)48)67-18(55,56)6(28,29)13(40,41)42/h1H2/b3-2+. The van der Waals surface area contributed by atoms with E-state index in [1.165, 1.54) is 4.74 Å². The van der Waals surface area contributed by atoms with Crippen LogP contribution in [0.5, 0.6) is 0 Å². The second kappa shape index (κ2) is 17.8. The average Bonchev–Trinajstić information content (AvgIpc) is 3.05. The molecular formula is C22H2F42O6. The highest BCUT2D eigenvalue weighted by atomic mass is 19.5. The molecule has 0 saturated heterocycles. The molecule has 5 unspecified atom stereocenters. The summed E-state index contributed by atoms with van der Waals surface area (Å²) in [5, 5.41) is 0. The van der Waals surface area contributed by atoms with Gasteiger partial charge in [-0.05, 0) is 0 Å². The number of halogens is 42. The summed E-state index contributed by atoms with van der Waals surface area (Å²) in [6.07, 6.45) is -108. The Morgan fingerprint density at radius 2 is 0.486 bits per heavy atom. The Balaban J connectivity index is 8.05. The minimum atomic E-state index is -9.77. The molecule has 0 heterocycles. The van der Waals surface area contributed by atoms with Crippen LogP contribution in [0.1, 0.15) is 0 Å². The molecule has 0 amide bonds. The van der Waals surface area contributed by atoms with Crippen LogP contribution in [-0.4, -0.2) is 122 Å². The van der Waals surface area contributed by atoms with Crippen LogP contribution in [-0.2, 0) is 28.4 Å². The Morgan fingerprint density at radius 3 is 0.686 bits per heavy atom. The molecular weight excluding hydrogens is 1160 g/mol. The van der Waals surface area contributed by atoms with Crippen LogP contribution in [0, 0.1) is 0 Å². The van der Waals surface area contributed by atoms with E-state index in [2.05, 4.69) is 4.74 Å². The summed E-state index contributed by atoms with van der Waals surface area (Å²) in [4.78, 5) is 0. The van der Waals surface area contributed by atoms with Gasteiger partial charge in [-0.2, -0.15) is 184 Å². The molecule has 0 bridgehead atoms. The van der Waals surface area contributed by atoms with Gasteiger partial charge in [-0.15, -0.1) is 0 Å². The van der Waals surface area contributed by atoms with E-state index < -0.39 is 133 Å². The second-order valence-corrected chi connectivity index (χ2v) is 11.7. The molecule has 0 radical (unpaired) electrons. The zero-order chi connectivity index (χ0) is 57.6. The van der Waals surface area contributed by atoms with Gasteiger partial charge in [0.1, 0.15) is 0 Å². The molecule has 5 atom stereocenters. The number of alkyl halides is 40. The minimum absolute atomic E-state index is 0.623. The fraction of sp³-hybridized carbons (Fsp3) is 0.909. The number of hydrogen-bond donors (Lipinski definition) is 0. The average molecular weight is 1160 g/mol. The van der Waals surface area contributed by atoms with Gasteiger partial charge >= 0.3 is 121 Å². The SMILES string of the molecule is F/C(OCC(F)(OC(F)(F)C(F)(OC(F)(F)C(F)(OC(F)(F)C(F)(OC(F)(F)C(F)(OC(F)(F)C(F)(F)C(F)(F)F)C(F)(F)F)C(F)(F)F)C(F)(F)F)C(F)(F)F)C(F)(F)F)=C(\F)C(F)(F)C(F)(F)F. The van der Waals surface area contributed by atoms with Crippen molar-refractivity contribution in [2.75, 3.05) is 6.61 Å². The fourth-order valence-corrected chi connectivity index (χ4v) is 3.17. The predicted molar refractivity (Wildman–Crippen MR) is 117 cm³/mol. The Hall–Kier alpha value is -3.60. The molecule has 6 nitrogen and oxygen atoms in total. The van der Waals surface area contributed by atoms with Crippen molar-refractivity contribution in [2.24, 2.45) is 0 Å². The maximum Gasteiger partial charge on any atom is 0.462 e. The molecule has 420 valence electrons. The third-order valence-electron chi connectivity index (χ3n) is 6.65. The van der Waals surface area contributed by atoms with Gasteiger partial charge in [0.15, 0.2) is 6.61 Å². The van der Waals surface area contributed by atoms with Crippen molar-refractivity contribution in [3.63, 3.8) is 0 Å². The van der Waals surface area contributed by atoms with Gasteiger partial charge in [0.25, 0.3) is 5.83 Å². The highest BCUT2D eigenvalue weighted by molar-refractivity contribution is 5.09. The zero-order valence-corrected chi connectivity index (χ0v) is 29.5. The molecule has 0 aliphatic heterocycles. The Morgan fingerprint density at radius 1 is 0.257 bits per heavy atom. The van der Waals surface area contributed by atoms with Gasteiger partial charge in [-0.25, -0.2) is 0 Å². The third kappa shape index (κ3) is 11.4. The number of rotatable bonds is 19.